The lowest BCUT2D eigenvalue weighted by molar-refractivity contribution is 0.180. The van der Waals surface area contributed by atoms with Gasteiger partial charge in [0, 0.05) is 12.5 Å². The van der Waals surface area contributed by atoms with Gasteiger partial charge in [-0.3, -0.25) is 0 Å². The standard InChI is InChI=1S/C20H22O2/c1-3-20(22-16-19-12-8-5-9-13-19)14-17(2)21-15-18-10-6-4-7-11-18/h4-14H,2-3,15-16H2,1H3/b20-14+. The fourth-order valence-electron chi connectivity index (χ4n) is 1.97. The van der Waals surface area contributed by atoms with Crippen molar-refractivity contribution in [3.05, 3.63) is 96.0 Å². The molecular formula is C20H22O2. The van der Waals surface area contributed by atoms with E-state index in [1.807, 2.05) is 66.7 Å². The molecule has 0 bridgehead atoms. The predicted octanol–water partition coefficient (Wildman–Crippen LogP) is 5.23. The van der Waals surface area contributed by atoms with Gasteiger partial charge in [-0.15, -0.1) is 0 Å². The molecule has 2 aromatic rings. The van der Waals surface area contributed by atoms with Crippen molar-refractivity contribution in [1.82, 2.24) is 0 Å². The van der Waals surface area contributed by atoms with E-state index in [1.54, 1.807) is 0 Å². The highest BCUT2D eigenvalue weighted by atomic mass is 16.5. The van der Waals surface area contributed by atoms with E-state index in [0.29, 0.717) is 19.0 Å². The molecule has 2 nitrogen and oxygen atoms in total. The van der Waals surface area contributed by atoms with Crippen LogP contribution in [0.5, 0.6) is 0 Å². The van der Waals surface area contributed by atoms with E-state index in [2.05, 4.69) is 13.5 Å². The monoisotopic (exact) mass is 294 g/mol. The van der Waals surface area contributed by atoms with E-state index in [-0.39, 0.29) is 0 Å². The second-order valence-corrected chi connectivity index (χ2v) is 4.98. The van der Waals surface area contributed by atoms with Crippen LogP contribution < -0.4 is 0 Å². The fourth-order valence-corrected chi connectivity index (χ4v) is 1.97. The molecule has 0 saturated heterocycles. The van der Waals surface area contributed by atoms with Crippen molar-refractivity contribution in [2.75, 3.05) is 0 Å². The zero-order valence-corrected chi connectivity index (χ0v) is 13.0. The molecule has 0 aromatic heterocycles. The fraction of sp³-hybridized carbons (Fsp3) is 0.200. The molecule has 0 fully saturated rings. The van der Waals surface area contributed by atoms with Gasteiger partial charge in [0.25, 0.3) is 0 Å². The molecule has 2 aromatic carbocycles. The van der Waals surface area contributed by atoms with Crippen molar-refractivity contribution in [1.29, 1.82) is 0 Å². The summed E-state index contributed by atoms with van der Waals surface area (Å²) in [5.41, 5.74) is 2.28. The van der Waals surface area contributed by atoms with Gasteiger partial charge in [0.2, 0.25) is 0 Å². The summed E-state index contributed by atoms with van der Waals surface area (Å²) in [7, 11) is 0. The number of hydrogen-bond acceptors (Lipinski definition) is 2. The molecule has 0 radical (unpaired) electrons. The third-order valence-corrected chi connectivity index (χ3v) is 3.20. The van der Waals surface area contributed by atoms with Gasteiger partial charge in [-0.1, -0.05) is 74.2 Å². The molecule has 0 amide bonds. The molecule has 0 aliphatic heterocycles. The Hall–Kier alpha value is -2.48. The van der Waals surface area contributed by atoms with Gasteiger partial charge >= 0.3 is 0 Å². The number of hydrogen-bond donors (Lipinski definition) is 0. The summed E-state index contributed by atoms with van der Waals surface area (Å²) in [4.78, 5) is 0. The number of allylic oxidation sites excluding steroid dienone is 2. The Labute approximate surface area is 132 Å². The average molecular weight is 294 g/mol. The number of ether oxygens (including phenoxy) is 2. The van der Waals surface area contributed by atoms with Crippen molar-refractivity contribution < 1.29 is 9.47 Å². The molecule has 0 spiro atoms. The third-order valence-electron chi connectivity index (χ3n) is 3.20. The van der Waals surface area contributed by atoms with Crippen molar-refractivity contribution in [2.45, 2.75) is 26.6 Å². The van der Waals surface area contributed by atoms with Crippen LogP contribution in [0.3, 0.4) is 0 Å². The van der Waals surface area contributed by atoms with E-state index in [1.165, 1.54) is 0 Å². The average Bonchev–Trinajstić information content (AvgIpc) is 2.58. The highest BCUT2D eigenvalue weighted by molar-refractivity contribution is 5.17. The van der Waals surface area contributed by atoms with E-state index < -0.39 is 0 Å². The topological polar surface area (TPSA) is 18.5 Å². The minimum absolute atomic E-state index is 0.520. The smallest absolute Gasteiger partial charge is 0.115 e. The van der Waals surface area contributed by atoms with Gasteiger partial charge < -0.3 is 9.47 Å². The van der Waals surface area contributed by atoms with Crippen LogP contribution in [0.25, 0.3) is 0 Å². The summed E-state index contributed by atoms with van der Waals surface area (Å²) < 4.78 is 11.5. The lowest BCUT2D eigenvalue weighted by Gasteiger charge is -2.11. The maximum Gasteiger partial charge on any atom is 0.115 e. The zero-order valence-electron chi connectivity index (χ0n) is 13.0. The minimum atomic E-state index is 0.520. The van der Waals surface area contributed by atoms with Gasteiger partial charge in [-0.2, -0.15) is 0 Å². The number of benzene rings is 2. The van der Waals surface area contributed by atoms with Gasteiger partial charge in [0.05, 0.1) is 5.76 Å². The lowest BCUT2D eigenvalue weighted by atomic mass is 10.2. The maximum absolute atomic E-state index is 5.82. The quantitative estimate of drug-likeness (QED) is 0.490. The normalized spacial score (nSPS) is 11.0. The second-order valence-electron chi connectivity index (χ2n) is 4.98. The largest absolute Gasteiger partial charge is 0.493 e. The van der Waals surface area contributed by atoms with Crippen molar-refractivity contribution in [3.63, 3.8) is 0 Å². The first-order valence-corrected chi connectivity index (χ1v) is 7.51. The Morgan fingerprint density at radius 3 is 1.86 bits per heavy atom. The molecule has 0 aliphatic carbocycles. The third kappa shape index (κ3) is 5.49. The predicted molar refractivity (Wildman–Crippen MR) is 90.0 cm³/mol. The van der Waals surface area contributed by atoms with Gasteiger partial charge in [0.15, 0.2) is 0 Å². The Balaban J connectivity index is 1.83. The number of rotatable bonds is 8. The first kappa shape index (κ1) is 15.9. The molecule has 0 saturated carbocycles. The summed E-state index contributed by atoms with van der Waals surface area (Å²) in [6.07, 6.45) is 2.67. The highest BCUT2D eigenvalue weighted by Gasteiger charge is 2.00. The Morgan fingerprint density at radius 1 is 0.864 bits per heavy atom. The van der Waals surface area contributed by atoms with Crippen LogP contribution in [0.1, 0.15) is 24.5 Å². The van der Waals surface area contributed by atoms with Crippen molar-refractivity contribution in [3.8, 4) is 0 Å². The van der Waals surface area contributed by atoms with E-state index in [4.69, 9.17) is 9.47 Å². The molecule has 0 atom stereocenters. The molecule has 0 unspecified atom stereocenters. The van der Waals surface area contributed by atoms with Crippen LogP contribution in [0.2, 0.25) is 0 Å². The van der Waals surface area contributed by atoms with E-state index in [0.717, 1.165) is 23.3 Å². The molecule has 0 aliphatic rings. The summed E-state index contributed by atoms with van der Waals surface area (Å²) in [5.74, 6) is 1.50. The minimum Gasteiger partial charge on any atom is -0.493 e. The maximum atomic E-state index is 5.82. The SMILES string of the molecule is C=C(/C=C(\CC)OCc1ccccc1)OCc1ccccc1. The Morgan fingerprint density at radius 2 is 1.36 bits per heavy atom. The van der Waals surface area contributed by atoms with Gasteiger partial charge in [0.1, 0.15) is 19.0 Å². The van der Waals surface area contributed by atoms with Gasteiger partial charge in [-0.25, -0.2) is 0 Å². The van der Waals surface area contributed by atoms with Crippen LogP contribution in [-0.2, 0) is 22.7 Å². The van der Waals surface area contributed by atoms with Crippen LogP contribution in [0.4, 0.5) is 0 Å². The molecule has 2 heteroatoms. The van der Waals surface area contributed by atoms with Crippen LogP contribution in [-0.4, -0.2) is 0 Å². The van der Waals surface area contributed by atoms with E-state index >= 15 is 0 Å². The molecule has 114 valence electrons. The summed E-state index contributed by atoms with van der Waals surface area (Å²) in [6, 6.07) is 20.2. The van der Waals surface area contributed by atoms with Crippen LogP contribution >= 0.6 is 0 Å². The zero-order chi connectivity index (χ0) is 15.6. The van der Waals surface area contributed by atoms with Crippen LogP contribution in [0, 0.1) is 0 Å². The van der Waals surface area contributed by atoms with Crippen molar-refractivity contribution >= 4 is 0 Å². The summed E-state index contributed by atoms with van der Waals surface area (Å²) in [5, 5.41) is 0. The first-order valence-electron chi connectivity index (χ1n) is 7.51. The Kier molecular flexibility index (Phi) is 6.31. The summed E-state index contributed by atoms with van der Waals surface area (Å²) >= 11 is 0. The molecule has 2 rings (SSSR count). The van der Waals surface area contributed by atoms with Crippen LogP contribution in [0.15, 0.2) is 84.8 Å². The molecule has 0 heterocycles. The highest BCUT2D eigenvalue weighted by Crippen LogP contribution is 2.13. The molecule has 22 heavy (non-hydrogen) atoms. The van der Waals surface area contributed by atoms with Gasteiger partial charge in [-0.05, 0) is 11.1 Å². The lowest BCUT2D eigenvalue weighted by Crippen LogP contribution is -1.96. The summed E-state index contributed by atoms with van der Waals surface area (Å²) in [6.45, 7) is 7.07. The molecule has 0 N–H and O–H groups in total. The van der Waals surface area contributed by atoms with E-state index in [9.17, 15) is 0 Å². The van der Waals surface area contributed by atoms with Crippen molar-refractivity contribution in [2.24, 2.45) is 0 Å². The first-order chi connectivity index (χ1) is 10.8. The molecular weight excluding hydrogens is 272 g/mol. The second kappa shape index (κ2) is 8.73. The Bertz CT molecular complexity index is 600.